The fourth-order valence-corrected chi connectivity index (χ4v) is 3.09. The van der Waals surface area contributed by atoms with Crippen LogP contribution in [0.15, 0.2) is 30.3 Å². The van der Waals surface area contributed by atoms with Crippen LogP contribution in [0, 0.1) is 6.92 Å². The number of morpholine rings is 1. The van der Waals surface area contributed by atoms with Gasteiger partial charge in [-0.3, -0.25) is 0 Å². The van der Waals surface area contributed by atoms with Crippen molar-refractivity contribution in [2.24, 2.45) is 0 Å². The van der Waals surface area contributed by atoms with Crippen molar-refractivity contribution in [1.29, 1.82) is 0 Å². The van der Waals surface area contributed by atoms with Gasteiger partial charge >= 0.3 is 0 Å². The maximum absolute atomic E-state index is 5.96. The van der Waals surface area contributed by atoms with Gasteiger partial charge in [0.2, 0.25) is 0 Å². The summed E-state index contributed by atoms with van der Waals surface area (Å²) in [6.07, 6.45) is 7.80. The number of anilines is 2. The molecule has 0 aliphatic carbocycles. The van der Waals surface area contributed by atoms with Crippen LogP contribution in [-0.2, 0) is 4.74 Å². The SMILES string of the molecule is CCCC/C=C\c1nc(-c2cccc(N)c2)nc(N2CCOCC2)c1C. The fourth-order valence-electron chi connectivity index (χ4n) is 3.09. The zero-order valence-electron chi connectivity index (χ0n) is 15.7. The first-order valence-corrected chi connectivity index (χ1v) is 9.43. The van der Waals surface area contributed by atoms with E-state index in [4.69, 9.17) is 20.4 Å². The number of aromatic nitrogens is 2. The minimum Gasteiger partial charge on any atom is -0.399 e. The average Bonchev–Trinajstić information content (AvgIpc) is 2.67. The van der Waals surface area contributed by atoms with Gasteiger partial charge in [-0.2, -0.15) is 0 Å². The van der Waals surface area contributed by atoms with Crippen molar-refractivity contribution < 1.29 is 4.74 Å². The first-order chi connectivity index (χ1) is 12.7. The third-order valence-corrected chi connectivity index (χ3v) is 4.61. The molecule has 0 radical (unpaired) electrons. The molecular weight excluding hydrogens is 324 g/mol. The van der Waals surface area contributed by atoms with Crippen LogP contribution in [0.2, 0.25) is 0 Å². The third-order valence-electron chi connectivity index (χ3n) is 4.61. The first kappa shape index (κ1) is 18.4. The predicted octanol–water partition coefficient (Wildman–Crippen LogP) is 4.07. The molecule has 1 fully saturated rings. The van der Waals surface area contributed by atoms with E-state index in [0.717, 1.165) is 66.9 Å². The molecule has 0 unspecified atom stereocenters. The van der Waals surface area contributed by atoms with Crippen LogP contribution in [0.25, 0.3) is 17.5 Å². The van der Waals surface area contributed by atoms with Gasteiger partial charge in [0.05, 0.1) is 18.9 Å². The Morgan fingerprint density at radius 1 is 1.23 bits per heavy atom. The third kappa shape index (κ3) is 4.41. The van der Waals surface area contributed by atoms with Gasteiger partial charge in [0, 0.05) is 29.9 Å². The van der Waals surface area contributed by atoms with Crippen molar-refractivity contribution in [3.05, 3.63) is 41.6 Å². The molecule has 0 spiro atoms. The standard InChI is InChI=1S/C21H28N4O/c1-3-4-5-6-10-19-16(2)21(25-11-13-26-14-12-25)24-20(23-19)17-8-7-9-18(22)15-17/h6-10,15H,3-5,11-14,22H2,1-2H3/b10-6-. The van der Waals surface area contributed by atoms with E-state index in [0.29, 0.717) is 0 Å². The number of allylic oxidation sites excluding steroid dienone is 1. The summed E-state index contributed by atoms with van der Waals surface area (Å²) in [6, 6.07) is 7.76. The zero-order chi connectivity index (χ0) is 18.4. The molecule has 2 aromatic rings. The predicted molar refractivity (Wildman–Crippen MR) is 108 cm³/mol. The van der Waals surface area contributed by atoms with Crippen molar-refractivity contribution in [2.75, 3.05) is 36.9 Å². The Kier molecular flexibility index (Phi) is 6.23. The molecule has 0 bridgehead atoms. The van der Waals surface area contributed by atoms with E-state index in [1.807, 2.05) is 24.3 Å². The summed E-state index contributed by atoms with van der Waals surface area (Å²) in [5.41, 5.74) is 9.73. The topological polar surface area (TPSA) is 64.3 Å². The van der Waals surface area contributed by atoms with Gasteiger partial charge in [0.15, 0.2) is 5.82 Å². The second-order valence-electron chi connectivity index (χ2n) is 6.65. The van der Waals surface area contributed by atoms with Crippen LogP contribution in [0.1, 0.15) is 37.4 Å². The molecule has 5 nitrogen and oxygen atoms in total. The highest BCUT2D eigenvalue weighted by Crippen LogP contribution is 2.27. The molecule has 1 aromatic heterocycles. The summed E-state index contributed by atoms with van der Waals surface area (Å²) in [6.45, 7) is 7.49. The highest BCUT2D eigenvalue weighted by atomic mass is 16.5. The Hall–Kier alpha value is -2.40. The maximum atomic E-state index is 5.96. The summed E-state index contributed by atoms with van der Waals surface area (Å²) in [4.78, 5) is 12.0. The summed E-state index contributed by atoms with van der Waals surface area (Å²) in [7, 11) is 0. The number of nitrogen functional groups attached to an aromatic ring is 1. The van der Waals surface area contributed by atoms with Gasteiger partial charge < -0.3 is 15.4 Å². The van der Waals surface area contributed by atoms with E-state index < -0.39 is 0 Å². The van der Waals surface area contributed by atoms with Crippen LogP contribution in [0.5, 0.6) is 0 Å². The van der Waals surface area contributed by atoms with Crippen LogP contribution in [0.4, 0.5) is 11.5 Å². The Bertz CT molecular complexity index is 767. The van der Waals surface area contributed by atoms with Crippen LogP contribution in [0.3, 0.4) is 0 Å². The maximum Gasteiger partial charge on any atom is 0.162 e. The molecule has 26 heavy (non-hydrogen) atoms. The minimum atomic E-state index is 0.722. The van der Waals surface area contributed by atoms with Crippen molar-refractivity contribution in [1.82, 2.24) is 9.97 Å². The first-order valence-electron chi connectivity index (χ1n) is 9.43. The molecule has 1 aromatic carbocycles. The molecule has 2 heterocycles. The lowest BCUT2D eigenvalue weighted by molar-refractivity contribution is 0.122. The Morgan fingerprint density at radius 2 is 2.04 bits per heavy atom. The van der Waals surface area contributed by atoms with Gasteiger partial charge in [-0.25, -0.2) is 9.97 Å². The van der Waals surface area contributed by atoms with Crippen LogP contribution >= 0.6 is 0 Å². The Morgan fingerprint density at radius 3 is 2.77 bits per heavy atom. The average molecular weight is 352 g/mol. The molecule has 1 aliphatic rings. The monoisotopic (exact) mass is 352 g/mol. The number of nitrogens with two attached hydrogens (primary N) is 1. The minimum absolute atomic E-state index is 0.722. The lowest BCUT2D eigenvalue weighted by atomic mass is 10.1. The van der Waals surface area contributed by atoms with E-state index in [2.05, 4.69) is 30.9 Å². The van der Waals surface area contributed by atoms with Gasteiger partial charge in [-0.05, 0) is 31.6 Å². The summed E-state index contributed by atoms with van der Waals surface area (Å²) in [5, 5.41) is 0. The summed E-state index contributed by atoms with van der Waals surface area (Å²) in [5.74, 6) is 1.72. The quantitative estimate of drug-likeness (QED) is 0.627. The van der Waals surface area contributed by atoms with Crippen LogP contribution in [-0.4, -0.2) is 36.3 Å². The molecule has 1 aliphatic heterocycles. The van der Waals surface area contributed by atoms with Gasteiger partial charge in [0.1, 0.15) is 5.82 Å². The number of benzene rings is 1. The fraction of sp³-hybridized carbons (Fsp3) is 0.429. The lowest BCUT2D eigenvalue weighted by Crippen LogP contribution is -2.37. The number of rotatable bonds is 6. The number of hydrogen-bond acceptors (Lipinski definition) is 5. The van der Waals surface area contributed by atoms with E-state index in [-0.39, 0.29) is 0 Å². The largest absolute Gasteiger partial charge is 0.399 e. The lowest BCUT2D eigenvalue weighted by Gasteiger charge is -2.29. The highest BCUT2D eigenvalue weighted by molar-refractivity contribution is 5.67. The molecule has 0 atom stereocenters. The molecule has 138 valence electrons. The summed E-state index contributed by atoms with van der Waals surface area (Å²) < 4.78 is 5.50. The van der Waals surface area contributed by atoms with Crippen LogP contribution < -0.4 is 10.6 Å². The van der Waals surface area contributed by atoms with E-state index in [9.17, 15) is 0 Å². The van der Waals surface area contributed by atoms with Gasteiger partial charge in [0.25, 0.3) is 0 Å². The molecule has 0 saturated carbocycles. The second kappa shape index (κ2) is 8.81. The summed E-state index contributed by atoms with van der Waals surface area (Å²) >= 11 is 0. The number of nitrogens with zero attached hydrogens (tertiary/aromatic N) is 3. The normalized spacial score (nSPS) is 14.9. The van der Waals surface area contributed by atoms with E-state index in [1.54, 1.807) is 0 Å². The molecular formula is C21H28N4O. The Balaban J connectivity index is 2.01. The van der Waals surface area contributed by atoms with E-state index in [1.165, 1.54) is 12.8 Å². The number of ether oxygens (including phenoxy) is 1. The van der Waals surface area contributed by atoms with Crippen molar-refractivity contribution in [2.45, 2.75) is 33.1 Å². The van der Waals surface area contributed by atoms with Crippen molar-refractivity contribution in [3.63, 3.8) is 0 Å². The molecule has 0 amide bonds. The molecule has 2 N–H and O–H groups in total. The van der Waals surface area contributed by atoms with Gasteiger partial charge in [-0.15, -0.1) is 0 Å². The van der Waals surface area contributed by atoms with Gasteiger partial charge in [-0.1, -0.05) is 38.0 Å². The Labute approximate surface area is 155 Å². The number of unbranched alkanes of at least 4 members (excludes halogenated alkanes) is 2. The highest BCUT2D eigenvalue weighted by Gasteiger charge is 2.18. The van der Waals surface area contributed by atoms with E-state index >= 15 is 0 Å². The zero-order valence-corrected chi connectivity index (χ0v) is 15.7. The van der Waals surface area contributed by atoms with Crippen molar-refractivity contribution >= 4 is 17.6 Å². The van der Waals surface area contributed by atoms with Crippen molar-refractivity contribution in [3.8, 4) is 11.4 Å². The number of hydrogen-bond donors (Lipinski definition) is 1. The second-order valence-corrected chi connectivity index (χ2v) is 6.65. The molecule has 5 heteroatoms. The smallest absolute Gasteiger partial charge is 0.162 e. The molecule has 3 rings (SSSR count). The molecule has 1 saturated heterocycles.